The Hall–Kier alpha value is -2.60. The summed E-state index contributed by atoms with van der Waals surface area (Å²) in [5.41, 5.74) is 3.24. The Labute approximate surface area is 176 Å². The number of aryl methyl sites for hydroxylation is 1. The van der Waals surface area contributed by atoms with Crippen LogP contribution in [0.4, 0.5) is 0 Å². The lowest BCUT2D eigenvalue weighted by molar-refractivity contribution is -0.131. The molecule has 0 saturated carbocycles. The summed E-state index contributed by atoms with van der Waals surface area (Å²) >= 11 is 1.49. The second-order valence-electron chi connectivity index (χ2n) is 7.53. The number of rotatable bonds is 5. The first-order valence-electron chi connectivity index (χ1n) is 10.1. The van der Waals surface area contributed by atoms with Crippen molar-refractivity contribution in [1.82, 2.24) is 19.7 Å². The second-order valence-corrected chi connectivity index (χ2v) is 8.60. The third kappa shape index (κ3) is 4.37. The van der Waals surface area contributed by atoms with E-state index in [0.29, 0.717) is 0 Å². The van der Waals surface area contributed by atoms with Crippen molar-refractivity contribution in [3.8, 4) is 11.4 Å². The summed E-state index contributed by atoms with van der Waals surface area (Å²) in [6.07, 6.45) is 3.37. The lowest BCUT2D eigenvalue weighted by Crippen LogP contribution is -2.38. The number of carbonyl (C=O) groups excluding carboxylic acids is 1. The summed E-state index contributed by atoms with van der Waals surface area (Å²) in [5, 5.41) is 9.25. The molecular formula is C23H26N4OS. The standard InChI is InChI=1S/C23H26N4OS/c1-17-11-13-19(14-12-17)21-24-25-23(26(21)2)29-20(18-9-5-3-6-10-18)22(28)27-15-7-4-8-16-27/h3,5-6,9-14,20H,4,7-8,15-16H2,1-2H3/t20-/m1/s1. The number of nitrogens with zero attached hydrogens (tertiary/aromatic N) is 4. The number of likely N-dealkylation sites (tertiary alicyclic amines) is 1. The molecule has 0 bridgehead atoms. The molecule has 29 heavy (non-hydrogen) atoms. The Morgan fingerprint density at radius 2 is 1.66 bits per heavy atom. The molecule has 0 spiro atoms. The van der Waals surface area contributed by atoms with Crippen LogP contribution in [0.15, 0.2) is 59.8 Å². The van der Waals surface area contributed by atoms with E-state index in [9.17, 15) is 4.79 Å². The Kier molecular flexibility index (Phi) is 6.00. The van der Waals surface area contributed by atoms with Gasteiger partial charge in [0.25, 0.3) is 0 Å². The molecule has 0 N–H and O–H groups in total. The highest BCUT2D eigenvalue weighted by Gasteiger charge is 2.29. The average molecular weight is 407 g/mol. The highest BCUT2D eigenvalue weighted by Crippen LogP contribution is 2.37. The second kappa shape index (κ2) is 8.82. The first-order valence-corrected chi connectivity index (χ1v) is 11.0. The molecule has 1 atom stereocenters. The maximum atomic E-state index is 13.4. The van der Waals surface area contributed by atoms with Gasteiger partial charge in [0.15, 0.2) is 11.0 Å². The Morgan fingerprint density at radius 1 is 0.966 bits per heavy atom. The molecule has 150 valence electrons. The zero-order valence-electron chi connectivity index (χ0n) is 16.9. The number of benzene rings is 2. The number of hydrogen-bond donors (Lipinski definition) is 0. The summed E-state index contributed by atoms with van der Waals surface area (Å²) in [7, 11) is 1.96. The van der Waals surface area contributed by atoms with Crippen LogP contribution in [0.3, 0.4) is 0 Å². The quantitative estimate of drug-likeness (QED) is 0.580. The molecule has 6 heteroatoms. The van der Waals surface area contributed by atoms with Crippen molar-refractivity contribution in [2.24, 2.45) is 7.05 Å². The monoisotopic (exact) mass is 406 g/mol. The lowest BCUT2D eigenvalue weighted by Gasteiger charge is -2.30. The van der Waals surface area contributed by atoms with Crippen LogP contribution >= 0.6 is 11.8 Å². The number of piperidine rings is 1. The topological polar surface area (TPSA) is 51.0 Å². The molecule has 0 radical (unpaired) electrons. The largest absolute Gasteiger partial charge is 0.341 e. The van der Waals surface area contributed by atoms with Gasteiger partial charge in [-0.3, -0.25) is 4.79 Å². The van der Waals surface area contributed by atoms with Crippen molar-refractivity contribution < 1.29 is 4.79 Å². The summed E-state index contributed by atoms with van der Waals surface area (Å²) < 4.78 is 1.98. The molecular weight excluding hydrogens is 380 g/mol. The van der Waals surface area contributed by atoms with Gasteiger partial charge >= 0.3 is 0 Å². The van der Waals surface area contributed by atoms with Gasteiger partial charge in [-0.05, 0) is 31.7 Å². The molecule has 1 amide bonds. The molecule has 1 aliphatic rings. The van der Waals surface area contributed by atoms with Crippen molar-refractivity contribution in [1.29, 1.82) is 0 Å². The predicted molar refractivity (Wildman–Crippen MR) is 117 cm³/mol. The van der Waals surface area contributed by atoms with Crippen molar-refractivity contribution in [3.05, 3.63) is 65.7 Å². The number of hydrogen-bond acceptors (Lipinski definition) is 4. The summed E-state index contributed by atoms with van der Waals surface area (Å²) in [5.74, 6) is 0.977. The minimum atomic E-state index is -0.317. The van der Waals surface area contributed by atoms with Crippen LogP contribution in [0.2, 0.25) is 0 Å². The normalized spacial score (nSPS) is 15.3. The minimum Gasteiger partial charge on any atom is -0.341 e. The van der Waals surface area contributed by atoms with E-state index in [2.05, 4.69) is 41.4 Å². The van der Waals surface area contributed by atoms with Gasteiger partial charge in [0.2, 0.25) is 5.91 Å². The van der Waals surface area contributed by atoms with Gasteiger partial charge in [-0.15, -0.1) is 10.2 Å². The highest BCUT2D eigenvalue weighted by molar-refractivity contribution is 8.00. The molecule has 1 saturated heterocycles. The highest BCUT2D eigenvalue weighted by atomic mass is 32.2. The van der Waals surface area contributed by atoms with E-state index >= 15 is 0 Å². The van der Waals surface area contributed by atoms with Crippen molar-refractivity contribution in [2.75, 3.05) is 13.1 Å². The van der Waals surface area contributed by atoms with Crippen molar-refractivity contribution >= 4 is 17.7 Å². The summed E-state index contributed by atoms with van der Waals surface area (Å²) in [4.78, 5) is 15.4. The van der Waals surface area contributed by atoms with Crippen LogP contribution in [0.25, 0.3) is 11.4 Å². The Morgan fingerprint density at radius 3 is 2.34 bits per heavy atom. The van der Waals surface area contributed by atoms with E-state index < -0.39 is 0 Å². The fourth-order valence-electron chi connectivity index (χ4n) is 3.65. The maximum absolute atomic E-state index is 13.4. The third-order valence-electron chi connectivity index (χ3n) is 5.36. The number of thioether (sulfide) groups is 1. The predicted octanol–water partition coefficient (Wildman–Crippen LogP) is 4.64. The SMILES string of the molecule is Cc1ccc(-c2nnc(S[C@@H](C(=O)N3CCCCC3)c3ccccc3)n2C)cc1. The molecule has 1 fully saturated rings. The van der Waals surface area contributed by atoms with Crippen LogP contribution in [0.1, 0.15) is 35.6 Å². The number of carbonyl (C=O) groups is 1. The van der Waals surface area contributed by atoms with E-state index in [1.807, 2.05) is 46.8 Å². The average Bonchev–Trinajstić information content (AvgIpc) is 3.13. The van der Waals surface area contributed by atoms with E-state index in [1.165, 1.54) is 23.7 Å². The van der Waals surface area contributed by atoms with Gasteiger partial charge in [0, 0.05) is 25.7 Å². The molecule has 1 aromatic heterocycles. The van der Waals surface area contributed by atoms with Crippen molar-refractivity contribution in [3.63, 3.8) is 0 Å². The van der Waals surface area contributed by atoms with E-state index in [0.717, 1.165) is 48.0 Å². The van der Waals surface area contributed by atoms with Gasteiger partial charge in [0.05, 0.1) is 0 Å². The molecule has 2 heterocycles. The van der Waals surface area contributed by atoms with Crippen LogP contribution < -0.4 is 0 Å². The van der Waals surface area contributed by atoms with Crippen LogP contribution in [0, 0.1) is 6.92 Å². The first kappa shape index (κ1) is 19.7. The molecule has 4 rings (SSSR count). The molecule has 5 nitrogen and oxygen atoms in total. The van der Waals surface area contributed by atoms with E-state index in [-0.39, 0.29) is 11.2 Å². The van der Waals surface area contributed by atoms with E-state index in [1.54, 1.807) is 0 Å². The molecule has 3 aromatic rings. The van der Waals surface area contributed by atoms with Crippen LogP contribution in [-0.2, 0) is 11.8 Å². The number of aromatic nitrogens is 3. The zero-order valence-corrected chi connectivity index (χ0v) is 17.7. The van der Waals surface area contributed by atoms with Gasteiger partial charge in [-0.2, -0.15) is 0 Å². The minimum absolute atomic E-state index is 0.167. The van der Waals surface area contributed by atoms with Crippen LogP contribution in [0.5, 0.6) is 0 Å². The fraction of sp³-hybridized carbons (Fsp3) is 0.348. The van der Waals surface area contributed by atoms with E-state index in [4.69, 9.17) is 0 Å². The number of amides is 1. The zero-order chi connectivity index (χ0) is 20.2. The Balaban J connectivity index is 1.62. The van der Waals surface area contributed by atoms with Crippen LogP contribution in [-0.4, -0.2) is 38.7 Å². The van der Waals surface area contributed by atoms with Gasteiger partial charge in [-0.1, -0.05) is 71.9 Å². The molecule has 0 aliphatic carbocycles. The van der Waals surface area contributed by atoms with Crippen molar-refractivity contribution in [2.45, 2.75) is 36.6 Å². The molecule has 1 aliphatic heterocycles. The maximum Gasteiger partial charge on any atom is 0.240 e. The third-order valence-corrected chi connectivity index (χ3v) is 6.64. The fourth-order valence-corrected chi connectivity index (χ4v) is 4.73. The van der Waals surface area contributed by atoms with Gasteiger partial charge < -0.3 is 9.47 Å². The smallest absolute Gasteiger partial charge is 0.240 e. The molecule has 2 aromatic carbocycles. The lowest BCUT2D eigenvalue weighted by atomic mass is 10.1. The van der Waals surface area contributed by atoms with Gasteiger partial charge in [0.1, 0.15) is 5.25 Å². The molecule has 0 unspecified atom stereocenters. The summed E-state index contributed by atoms with van der Waals surface area (Å²) in [6, 6.07) is 18.3. The van der Waals surface area contributed by atoms with Gasteiger partial charge in [-0.25, -0.2) is 0 Å². The first-order chi connectivity index (χ1) is 14.1. The summed E-state index contributed by atoms with van der Waals surface area (Å²) in [6.45, 7) is 3.75. The Bertz CT molecular complexity index is 962.